The summed E-state index contributed by atoms with van der Waals surface area (Å²) < 4.78 is 0. The molecule has 1 aliphatic heterocycles. The van der Waals surface area contributed by atoms with Crippen LogP contribution in [0, 0.1) is 17.3 Å². The van der Waals surface area contributed by atoms with Gasteiger partial charge in [-0.3, -0.25) is 9.69 Å². The summed E-state index contributed by atoms with van der Waals surface area (Å²) in [6.07, 6.45) is 9.12. The van der Waals surface area contributed by atoms with Gasteiger partial charge in [0.1, 0.15) is 0 Å². The second-order valence-electron chi connectivity index (χ2n) is 8.26. The van der Waals surface area contributed by atoms with Crippen molar-refractivity contribution in [3.63, 3.8) is 0 Å². The Bertz CT molecular complexity index is 348. The van der Waals surface area contributed by atoms with E-state index >= 15 is 0 Å². The van der Waals surface area contributed by atoms with Crippen LogP contribution in [0.5, 0.6) is 0 Å². The van der Waals surface area contributed by atoms with Crippen LogP contribution in [0.15, 0.2) is 0 Å². The van der Waals surface area contributed by atoms with Crippen molar-refractivity contribution in [3.05, 3.63) is 0 Å². The highest BCUT2D eigenvalue weighted by Crippen LogP contribution is 2.41. The number of rotatable bonds is 4. The maximum Gasteiger partial charge on any atom is 0.303 e. The zero-order valence-corrected chi connectivity index (χ0v) is 14.1. The van der Waals surface area contributed by atoms with Gasteiger partial charge in [-0.1, -0.05) is 33.6 Å². The smallest absolute Gasteiger partial charge is 0.303 e. The molecule has 1 saturated heterocycles. The molecule has 1 N–H and O–H groups in total. The molecule has 1 heterocycles. The number of piperidine rings is 1. The molecule has 21 heavy (non-hydrogen) atoms. The minimum Gasteiger partial charge on any atom is -0.481 e. The zero-order valence-electron chi connectivity index (χ0n) is 14.1. The molecule has 3 atom stereocenters. The molecule has 122 valence electrons. The largest absolute Gasteiger partial charge is 0.481 e. The SMILES string of the molecule is CC(C)(C)C1CCCCC1N1CCCC(CCC(=O)O)C1. The van der Waals surface area contributed by atoms with Gasteiger partial charge >= 0.3 is 5.97 Å². The van der Waals surface area contributed by atoms with E-state index in [1.807, 2.05) is 0 Å². The Morgan fingerprint density at radius 1 is 1.14 bits per heavy atom. The van der Waals surface area contributed by atoms with Crippen LogP contribution in [0.2, 0.25) is 0 Å². The maximum atomic E-state index is 10.8. The Hall–Kier alpha value is -0.570. The third kappa shape index (κ3) is 4.70. The fraction of sp³-hybridized carbons (Fsp3) is 0.944. The van der Waals surface area contributed by atoms with Crippen molar-refractivity contribution in [2.45, 2.75) is 78.2 Å². The van der Waals surface area contributed by atoms with Crippen LogP contribution in [0.1, 0.15) is 72.1 Å². The van der Waals surface area contributed by atoms with Crippen molar-refractivity contribution in [1.29, 1.82) is 0 Å². The lowest BCUT2D eigenvalue weighted by atomic mass is 9.68. The van der Waals surface area contributed by atoms with Crippen LogP contribution in [0.25, 0.3) is 0 Å². The predicted molar refractivity (Wildman–Crippen MR) is 86.4 cm³/mol. The molecule has 3 nitrogen and oxygen atoms in total. The van der Waals surface area contributed by atoms with Gasteiger partial charge < -0.3 is 5.11 Å². The van der Waals surface area contributed by atoms with Gasteiger partial charge in [0, 0.05) is 19.0 Å². The van der Waals surface area contributed by atoms with E-state index in [2.05, 4.69) is 25.7 Å². The molecule has 0 aromatic rings. The number of aliphatic carboxylic acids is 1. The van der Waals surface area contributed by atoms with Crippen LogP contribution >= 0.6 is 0 Å². The highest BCUT2D eigenvalue weighted by molar-refractivity contribution is 5.66. The summed E-state index contributed by atoms with van der Waals surface area (Å²) in [5, 5.41) is 8.89. The van der Waals surface area contributed by atoms with Crippen molar-refractivity contribution >= 4 is 5.97 Å². The number of hydrogen-bond acceptors (Lipinski definition) is 2. The highest BCUT2D eigenvalue weighted by Gasteiger charge is 2.38. The van der Waals surface area contributed by atoms with Gasteiger partial charge in [-0.05, 0) is 55.9 Å². The van der Waals surface area contributed by atoms with Crippen molar-refractivity contribution in [3.8, 4) is 0 Å². The van der Waals surface area contributed by atoms with Crippen LogP contribution in [-0.4, -0.2) is 35.1 Å². The lowest BCUT2D eigenvalue weighted by Gasteiger charge is -2.48. The molecule has 0 amide bonds. The first-order valence-electron chi connectivity index (χ1n) is 8.84. The lowest BCUT2D eigenvalue weighted by Crippen LogP contribution is -2.50. The summed E-state index contributed by atoms with van der Waals surface area (Å²) >= 11 is 0. The van der Waals surface area contributed by atoms with Crippen molar-refractivity contribution < 1.29 is 9.90 Å². The zero-order chi connectivity index (χ0) is 15.5. The van der Waals surface area contributed by atoms with Crippen molar-refractivity contribution in [2.24, 2.45) is 17.3 Å². The third-order valence-electron chi connectivity index (χ3n) is 5.63. The second-order valence-corrected chi connectivity index (χ2v) is 8.26. The number of likely N-dealkylation sites (tertiary alicyclic amines) is 1. The molecule has 2 rings (SSSR count). The molecular formula is C18H33NO2. The fourth-order valence-corrected chi connectivity index (χ4v) is 4.52. The minimum atomic E-state index is -0.641. The highest BCUT2D eigenvalue weighted by atomic mass is 16.4. The number of nitrogens with zero attached hydrogens (tertiary/aromatic N) is 1. The summed E-state index contributed by atoms with van der Waals surface area (Å²) in [5.41, 5.74) is 0.388. The average molecular weight is 295 g/mol. The first kappa shape index (κ1) is 16.8. The first-order valence-corrected chi connectivity index (χ1v) is 8.84. The molecule has 1 saturated carbocycles. The number of carboxylic acids is 1. The Kier molecular flexibility index (Phi) is 5.70. The van der Waals surface area contributed by atoms with Gasteiger partial charge in [0.15, 0.2) is 0 Å². The van der Waals surface area contributed by atoms with Crippen LogP contribution in [0.4, 0.5) is 0 Å². The van der Waals surface area contributed by atoms with E-state index in [9.17, 15) is 4.79 Å². The van der Waals surface area contributed by atoms with Gasteiger partial charge in [-0.25, -0.2) is 0 Å². The normalized spacial score (nSPS) is 32.0. The molecule has 0 bridgehead atoms. The van der Waals surface area contributed by atoms with E-state index in [1.165, 1.54) is 45.1 Å². The monoisotopic (exact) mass is 295 g/mol. The summed E-state index contributed by atoms with van der Waals surface area (Å²) in [6.45, 7) is 9.52. The summed E-state index contributed by atoms with van der Waals surface area (Å²) in [4.78, 5) is 13.5. The van der Waals surface area contributed by atoms with E-state index < -0.39 is 5.97 Å². The van der Waals surface area contributed by atoms with E-state index in [0.29, 0.717) is 17.8 Å². The molecule has 0 aromatic carbocycles. The molecule has 3 unspecified atom stereocenters. The van der Waals surface area contributed by atoms with Crippen LogP contribution < -0.4 is 0 Å². The van der Waals surface area contributed by atoms with E-state index in [4.69, 9.17) is 5.11 Å². The third-order valence-corrected chi connectivity index (χ3v) is 5.63. The lowest BCUT2D eigenvalue weighted by molar-refractivity contribution is -0.137. The maximum absolute atomic E-state index is 10.8. The molecule has 2 aliphatic rings. The second kappa shape index (κ2) is 7.13. The molecule has 2 fully saturated rings. The quantitative estimate of drug-likeness (QED) is 0.846. The van der Waals surface area contributed by atoms with Gasteiger partial charge in [-0.15, -0.1) is 0 Å². The van der Waals surface area contributed by atoms with Gasteiger partial charge in [0.05, 0.1) is 0 Å². The molecule has 0 aromatic heterocycles. The minimum absolute atomic E-state index is 0.339. The Balaban J connectivity index is 1.96. The van der Waals surface area contributed by atoms with E-state index in [-0.39, 0.29) is 0 Å². The van der Waals surface area contributed by atoms with Crippen LogP contribution in [-0.2, 0) is 4.79 Å². The van der Waals surface area contributed by atoms with E-state index in [1.54, 1.807) is 0 Å². The number of carbonyl (C=O) groups is 1. The van der Waals surface area contributed by atoms with Gasteiger partial charge in [-0.2, -0.15) is 0 Å². The number of hydrogen-bond donors (Lipinski definition) is 1. The summed E-state index contributed by atoms with van der Waals surface area (Å²) in [5.74, 6) is 0.749. The average Bonchev–Trinajstić information content (AvgIpc) is 2.44. The Morgan fingerprint density at radius 2 is 1.86 bits per heavy atom. The van der Waals surface area contributed by atoms with Crippen molar-refractivity contribution in [1.82, 2.24) is 4.90 Å². The summed E-state index contributed by atoms with van der Waals surface area (Å²) in [6, 6.07) is 0.728. The molecule has 0 radical (unpaired) electrons. The number of carboxylic acid groups (broad SMARTS) is 1. The van der Waals surface area contributed by atoms with Crippen molar-refractivity contribution in [2.75, 3.05) is 13.1 Å². The summed E-state index contributed by atoms with van der Waals surface area (Å²) in [7, 11) is 0. The predicted octanol–water partition coefficient (Wildman–Crippen LogP) is 4.17. The fourth-order valence-electron chi connectivity index (χ4n) is 4.52. The molecule has 3 heteroatoms. The first-order chi connectivity index (χ1) is 9.88. The van der Waals surface area contributed by atoms with Gasteiger partial charge in [0.25, 0.3) is 0 Å². The van der Waals surface area contributed by atoms with E-state index in [0.717, 1.165) is 24.9 Å². The molecule has 1 aliphatic carbocycles. The van der Waals surface area contributed by atoms with Gasteiger partial charge in [0.2, 0.25) is 0 Å². The standard InChI is InChI=1S/C18H33NO2/c1-18(2,3)15-8-4-5-9-16(15)19-12-6-7-14(13-19)10-11-17(20)21/h14-16H,4-13H2,1-3H3,(H,20,21). The molecular weight excluding hydrogens is 262 g/mol. The van der Waals surface area contributed by atoms with Crippen LogP contribution in [0.3, 0.4) is 0 Å². The Morgan fingerprint density at radius 3 is 2.52 bits per heavy atom. The molecule has 0 spiro atoms. The Labute approximate surface area is 130 Å². The topological polar surface area (TPSA) is 40.5 Å².